The van der Waals surface area contributed by atoms with Crippen LogP contribution in [-0.4, -0.2) is 5.78 Å². The Morgan fingerprint density at radius 2 is 1.88 bits per heavy atom. The van der Waals surface area contributed by atoms with Gasteiger partial charge in [-0.15, -0.1) is 0 Å². The smallest absolute Gasteiger partial charge is 0.158 e. The van der Waals surface area contributed by atoms with Gasteiger partial charge in [-0.1, -0.05) is 32.1 Å². The first-order chi connectivity index (χ1) is 7.41. The van der Waals surface area contributed by atoms with E-state index in [-0.39, 0.29) is 0 Å². The van der Waals surface area contributed by atoms with Crippen molar-refractivity contribution in [3.05, 3.63) is 23.8 Å². The predicted molar refractivity (Wildman–Crippen MR) is 69.4 cm³/mol. The van der Waals surface area contributed by atoms with Gasteiger partial charge in [0, 0.05) is 6.42 Å². The van der Waals surface area contributed by atoms with Crippen molar-refractivity contribution < 1.29 is 4.79 Å². The first-order valence-electron chi connectivity index (χ1n) is 6.27. The molecule has 1 nitrogen and oxygen atoms in total. The highest BCUT2D eigenvalue weighted by Crippen LogP contribution is 2.31. The number of hydrogen-bond donors (Lipinski definition) is 0. The second kappa shape index (κ2) is 5.47. The average molecular weight is 220 g/mol. The highest BCUT2D eigenvalue weighted by Gasteiger charge is 2.18. The van der Waals surface area contributed by atoms with E-state index in [9.17, 15) is 4.79 Å². The number of hydrogen-bond acceptors (Lipinski definition) is 1. The van der Waals surface area contributed by atoms with E-state index >= 15 is 0 Å². The Bertz CT molecular complexity index is 307. The van der Waals surface area contributed by atoms with Crippen LogP contribution >= 0.6 is 0 Å². The van der Waals surface area contributed by atoms with E-state index in [4.69, 9.17) is 0 Å². The van der Waals surface area contributed by atoms with Gasteiger partial charge < -0.3 is 0 Å². The molecule has 0 aromatic carbocycles. The molecule has 16 heavy (non-hydrogen) atoms. The van der Waals surface area contributed by atoms with Gasteiger partial charge in [-0.05, 0) is 50.0 Å². The number of Topliss-reactive ketones (excluding diaryl/α,β-unsaturated/α-hetero) is 1. The number of allylic oxidation sites excluding steroid dienone is 3. The molecule has 0 amide bonds. The summed E-state index contributed by atoms with van der Waals surface area (Å²) in [6.45, 7) is 10.6. The van der Waals surface area contributed by atoms with Gasteiger partial charge in [0.2, 0.25) is 0 Å². The molecular formula is C15H24O. The van der Waals surface area contributed by atoms with Crippen LogP contribution in [0.25, 0.3) is 0 Å². The number of ketones is 1. The Hall–Kier alpha value is -0.850. The zero-order valence-corrected chi connectivity index (χ0v) is 10.9. The van der Waals surface area contributed by atoms with Gasteiger partial charge >= 0.3 is 0 Å². The molecule has 1 aliphatic rings. The second-order valence-corrected chi connectivity index (χ2v) is 5.76. The molecule has 0 bridgehead atoms. The summed E-state index contributed by atoms with van der Waals surface area (Å²) in [5, 5.41) is 0. The molecule has 0 spiro atoms. The van der Waals surface area contributed by atoms with Crippen LogP contribution in [0.3, 0.4) is 0 Å². The van der Waals surface area contributed by atoms with E-state index in [1.54, 1.807) is 0 Å². The number of carbonyl (C=O) groups is 1. The molecule has 0 aliphatic heterocycles. The molecule has 0 atom stereocenters. The van der Waals surface area contributed by atoms with Gasteiger partial charge in [0.15, 0.2) is 5.78 Å². The molecular weight excluding hydrogens is 196 g/mol. The van der Waals surface area contributed by atoms with E-state index in [1.165, 1.54) is 12.0 Å². The largest absolute Gasteiger partial charge is 0.295 e. The van der Waals surface area contributed by atoms with Crippen molar-refractivity contribution >= 4 is 5.78 Å². The van der Waals surface area contributed by atoms with Crippen molar-refractivity contribution in [1.29, 1.82) is 0 Å². The minimum atomic E-state index is 0.292. The van der Waals surface area contributed by atoms with Gasteiger partial charge in [0.1, 0.15) is 0 Å². The Morgan fingerprint density at radius 3 is 2.56 bits per heavy atom. The maximum absolute atomic E-state index is 11.7. The molecule has 1 heteroatoms. The Morgan fingerprint density at radius 1 is 1.19 bits per heavy atom. The summed E-state index contributed by atoms with van der Waals surface area (Å²) >= 11 is 0. The van der Waals surface area contributed by atoms with Crippen LogP contribution in [0, 0.1) is 5.41 Å². The molecule has 1 rings (SSSR count). The lowest BCUT2D eigenvalue weighted by Crippen LogP contribution is -2.10. The molecule has 0 unspecified atom stereocenters. The molecule has 0 saturated heterocycles. The van der Waals surface area contributed by atoms with E-state index in [0.717, 1.165) is 31.3 Å². The molecule has 0 radical (unpaired) electrons. The fourth-order valence-corrected chi connectivity index (χ4v) is 2.05. The van der Waals surface area contributed by atoms with Gasteiger partial charge in [-0.3, -0.25) is 4.79 Å². The van der Waals surface area contributed by atoms with Gasteiger partial charge in [-0.25, -0.2) is 0 Å². The van der Waals surface area contributed by atoms with Crippen LogP contribution in [0.1, 0.15) is 59.3 Å². The molecule has 1 aliphatic carbocycles. The maximum atomic E-state index is 11.7. The Kier molecular flexibility index (Phi) is 4.52. The first-order valence-corrected chi connectivity index (χ1v) is 6.27. The monoisotopic (exact) mass is 220 g/mol. The molecule has 0 N–H and O–H groups in total. The standard InChI is InChI=1S/C15H24O/c1-12-7-8-14(16)13(2)6-5-10-15(3,4)11-9-12/h6H,1,5,7-11H2,2-4H3/b13-6-. The minimum absolute atomic E-state index is 0.292. The molecule has 0 aromatic heterocycles. The quantitative estimate of drug-likeness (QED) is 0.552. The lowest BCUT2D eigenvalue weighted by molar-refractivity contribution is -0.115. The summed E-state index contributed by atoms with van der Waals surface area (Å²) in [5.74, 6) is 0.292. The van der Waals surface area contributed by atoms with Crippen molar-refractivity contribution in [2.75, 3.05) is 0 Å². The topological polar surface area (TPSA) is 17.1 Å². The lowest BCUT2D eigenvalue weighted by atomic mass is 9.82. The van der Waals surface area contributed by atoms with Crippen LogP contribution in [0.15, 0.2) is 23.8 Å². The zero-order valence-electron chi connectivity index (χ0n) is 10.9. The summed E-state index contributed by atoms with van der Waals surface area (Å²) in [7, 11) is 0. The highest BCUT2D eigenvalue weighted by atomic mass is 16.1. The van der Waals surface area contributed by atoms with Gasteiger partial charge in [0.25, 0.3) is 0 Å². The van der Waals surface area contributed by atoms with Crippen LogP contribution in [0.4, 0.5) is 0 Å². The molecule has 0 aromatic rings. The van der Waals surface area contributed by atoms with Crippen molar-refractivity contribution in [1.82, 2.24) is 0 Å². The third-order valence-electron chi connectivity index (χ3n) is 3.57. The summed E-state index contributed by atoms with van der Waals surface area (Å²) < 4.78 is 0. The van der Waals surface area contributed by atoms with E-state index in [0.29, 0.717) is 17.6 Å². The third kappa shape index (κ3) is 4.34. The van der Waals surface area contributed by atoms with Gasteiger partial charge in [-0.2, -0.15) is 0 Å². The van der Waals surface area contributed by atoms with Crippen molar-refractivity contribution in [3.63, 3.8) is 0 Å². The average Bonchev–Trinajstić information content (AvgIpc) is 2.23. The third-order valence-corrected chi connectivity index (χ3v) is 3.57. The van der Waals surface area contributed by atoms with Crippen molar-refractivity contribution in [3.8, 4) is 0 Å². The summed E-state index contributed by atoms with van der Waals surface area (Å²) in [5.41, 5.74) is 2.54. The summed E-state index contributed by atoms with van der Waals surface area (Å²) in [4.78, 5) is 11.7. The molecule has 0 heterocycles. The van der Waals surface area contributed by atoms with Crippen LogP contribution in [-0.2, 0) is 4.79 Å². The lowest BCUT2D eigenvalue weighted by Gasteiger charge is -2.24. The van der Waals surface area contributed by atoms with Crippen molar-refractivity contribution in [2.45, 2.75) is 59.3 Å². The fraction of sp³-hybridized carbons (Fsp3) is 0.667. The summed E-state index contributed by atoms with van der Waals surface area (Å²) in [6.07, 6.45) is 8.05. The Labute approximate surface area is 99.6 Å². The van der Waals surface area contributed by atoms with Crippen molar-refractivity contribution in [2.24, 2.45) is 5.41 Å². The summed E-state index contributed by atoms with van der Waals surface area (Å²) in [6, 6.07) is 0. The maximum Gasteiger partial charge on any atom is 0.158 e. The van der Waals surface area contributed by atoms with E-state index in [2.05, 4.69) is 26.5 Å². The highest BCUT2D eigenvalue weighted by molar-refractivity contribution is 5.94. The number of carbonyl (C=O) groups excluding carboxylic acids is 1. The minimum Gasteiger partial charge on any atom is -0.295 e. The molecule has 0 saturated carbocycles. The van der Waals surface area contributed by atoms with E-state index in [1.807, 2.05) is 6.92 Å². The second-order valence-electron chi connectivity index (χ2n) is 5.76. The molecule has 0 fully saturated rings. The van der Waals surface area contributed by atoms with Crippen LogP contribution in [0.2, 0.25) is 0 Å². The van der Waals surface area contributed by atoms with E-state index < -0.39 is 0 Å². The van der Waals surface area contributed by atoms with Gasteiger partial charge in [0.05, 0.1) is 0 Å². The van der Waals surface area contributed by atoms with Crippen LogP contribution < -0.4 is 0 Å². The first kappa shape index (κ1) is 13.2. The fourth-order valence-electron chi connectivity index (χ4n) is 2.05. The zero-order chi connectivity index (χ0) is 12.2. The normalized spacial score (nSPS) is 26.8. The SMILES string of the molecule is C=C1CCC(=O)/C(C)=C\CCC(C)(C)CC1. The predicted octanol–water partition coefficient (Wildman–Crippen LogP) is 4.44. The Balaban J connectivity index is 2.73. The van der Waals surface area contributed by atoms with Crippen LogP contribution in [0.5, 0.6) is 0 Å². The molecule has 90 valence electrons. The number of rotatable bonds is 0.